The maximum atomic E-state index is 14.1. The van der Waals surface area contributed by atoms with Gasteiger partial charge in [0.15, 0.2) is 0 Å². The van der Waals surface area contributed by atoms with Crippen LogP contribution < -0.4 is 10.8 Å². The predicted molar refractivity (Wildman–Crippen MR) is 145 cm³/mol. The lowest BCUT2D eigenvalue weighted by Crippen LogP contribution is -2.35. The second-order valence-electron chi connectivity index (χ2n) is 8.68. The highest BCUT2D eigenvalue weighted by Crippen LogP contribution is 2.27. The van der Waals surface area contributed by atoms with Gasteiger partial charge in [0.25, 0.3) is 0 Å². The Morgan fingerprint density at radius 1 is 1.05 bits per heavy atom. The fraction of sp³-hybridized carbons (Fsp3) is 0.214. The van der Waals surface area contributed by atoms with E-state index in [4.69, 9.17) is 4.98 Å². The summed E-state index contributed by atoms with van der Waals surface area (Å²) in [6.45, 7) is 2.02. The highest BCUT2D eigenvalue weighted by atomic mass is 32.2. The Labute approximate surface area is 227 Å². The molecular formula is C28H27FN3O4S2-. The molecule has 4 aromatic rings. The SMILES string of the molecule is CCc1csc([C@H](Cc2ccc(NOS(=O)[O-])cc2)NC(=O)[C@@H](Cc2ccccc2)c2cccc(F)c2)n1. The summed E-state index contributed by atoms with van der Waals surface area (Å²) in [4.78, 5) is 18.5. The van der Waals surface area contributed by atoms with E-state index in [1.807, 2.05) is 54.8 Å². The van der Waals surface area contributed by atoms with E-state index >= 15 is 0 Å². The number of aromatic nitrogens is 1. The summed E-state index contributed by atoms with van der Waals surface area (Å²) in [7, 11) is 0. The van der Waals surface area contributed by atoms with E-state index < -0.39 is 29.1 Å². The molecule has 4 rings (SSSR count). The molecular weight excluding hydrogens is 525 g/mol. The first kappa shape index (κ1) is 27.6. The molecule has 0 spiro atoms. The molecule has 3 atom stereocenters. The van der Waals surface area contributed by atoms with Crippen molar-refractivity contribution in [2.45, 2.75) is 38.1 Å². The summed E-state index contributed by atoms with van der Waals surface area (Å²) in [6, 6.07) is 22.4. The average molecular weight is 553 g/mol. The van der Waals surface area contributed by atoms with Crippen LogP contribution in [0.4, 0.5) is 10.1 Å². The number of thiazole rings is 1. The van der Waals surface area contributed by atoms with Crippen molar-refractivity contribution >= 4 is 34.3 Å². The molecule has 0 aliphatic heterocycles. The molecule has 3 aromatic carbocycles. The van der Waals surface area contributed by atoms with Crippen molar-refractivity contribution in [3.63, 3.8) is 0 Å². The smallest absolute Gasteiger partial charge is 0.228 e. The van der Waals surface area contributed by atoms with Crippen LogP contribution >= 0.6 is 11.3 Å². The van der Waals surface area contributed by atoms with Gasteiger partial charge in [0.05, 0.1) is 23.3 Å². The Morgan fingerprint density at radius 2 is 1.79 bits per heavy atom. The van der Waals surface area contributed by atoms with Gasteiger partial charge in [-0.05, 0) is 60.2 Å². The highest BCUT2D eigenvalue weighted by molar-refractivity contribution is 7.74. The first-order valence-corrected chi connectivity index (χ1v) is 13.9. The summed E-state index contributed by atoms with van der Waals surface area (Å²) in [5.74, 6) is -1.21. The van der Waals surface area contributed by atoms with Gasteiger partial charge < -0.3 is 9.87 Å². The van der Waals surface area contributed by atoms with Gasteiger partial charge in [-0.15, -0.1) is 11.3 Å². The molecule has 0 bridgehead atoms. The number of anilines is 1. The third-order valence-electron chi connectivity index (χ3n) is 6.02. The number of nitrogens with one attached hydrogen (secondary N) is 2. The zero-order chi connectivity index (χ0) is 26.9. The van der Waals surface area contributed by atoms with Crippen LogP contribution in [0.15, 0.2) is 84.2 Å². The van der Waals surface area contributed by atoms with Crippen LogP contribution in [0.1, 0.15) is 46.3 Å². The van der Waals surface area contributed by atoms with Crippen molar-refractivity contribution < 1.29 is 22.2 Å². The third-order valence-corrected chi connectivity index (χ3v) is 7.24. The summed E-state index contributed by atoms with van der Waals surface area (Å²) < 4.78 is 39.7. The summed E-state index contributed by atoms with van der Waals surface area (Å²) in [6.07, 6.45) is 1.65. The van der Waals surface area contributed by atoms with Crippen LogP contribution in [0.2, 0.25) is 0 Å². The molecule has 1 aromatic heterocycles. The number of hydrogen-bond acceptors (Lipinski definition) is 7. The molecule has 1 amide bonds. The average Bonchev–Trinajstić information content (AvgIpc) is 3.41. The van der Waals surface area contributed by atoms with Crippen molar-refractivity contribution in [2.75, 3.05) is 5.48 Å². The molecule has 10 heteroatoms. The molecule has 1 unspecified atom stereocenters. The minimum Gasteiger partial charge on any atom is -0.748 e. The number of aryl methyl sites for hydroxylation is 1. The Hall–Kier alpha value is -3.44. The third kappa shape index (κ3) is 7.78. The van der Waals surface area contributed by atoms with Crippen molar-refractivity contribution in [3.8, 4) is 0 Å². The fourth-order valence-corrected chi connectivity index (χ4v) is 5.20. The van der Waals surface area contributed by atoms with E-state index in [0.717, 1.165) is 28.2 Å². The van der Waals surface area contributed by atoms with E-state index in [1.165, 1.54) is 23.5 Å². The second-order valence-corrected chi connectivity index (χ2v) is 10.1. The van der Waals surface area contributed by atoms with Crippen LogP contribution in [0.5, 0.6) is 0 Å². The number of halogens is 1. The minimum absolute atomic E-state index is 0.220. The standard InChI is InChI=1S/C28H28FN3O4S2/c1-2-23-18-37-28(30-23)26(16-20-11-13-24(14-12-20)32-36-38(34)35)31-27(33)25(15-19-7-4-3-5-8-19)21-9-6-10-22(29)17-21/h3-14,17-18,25-26,32H,2,15-16H2,1H3,(H,31,33)(H,34,35)/p-1/t25-,26-/m0/s1. The summed E-state index contributed by atoms with van der Waals surface area (Å²) >= 11 is -1.20. The number of rotatable bonds is 12. The van der Waals surface area contributed by atoms with Crippen LogP contribution in [-0.2, 0) is 39.7 Å². The second kappa shape index (κ2) is 13.4. The van der Waals surface area contributed by atoms with Gasteiger partial charge in [-0.3, -0.25) is 10.3 Å². The number of nitrogens with zero attached hydrogens (tertiary/aromatic N) is 1. The number of benzene rings is 3. The van der Waals surface area contributed by atoms with Gasteiger partial charge in [-0.25, -0.2) is 13.6 Å². The number of carbonyl (C=O) groups is 1. The molecule has 2 N–H and O–H groups in total. The lowest BCUT2D eigenvalue weighted by atomic mass is 9.90. The first-order chi connectivity index (χ1) is 18.4. The maximum absolute atomic E-state index is 14.1. The topological polar surface area (TPSA) is 103 Å². The Bertz CT molecular complexity index is 1370. The molecule has 38 heavy (non-hydrogen) atoms. The monoisotopic (exact) mass is 552 g/mol. The zero-order valence-electron chi connectivity index (χ0n) is 20.6. The van der Waals surface area contributed by atoms with Crippen molar-refractivity contribution in [1.82, 2.24) is 10.3 Å². The van der Waals surface area contributed by atoms with Crippen LogP contribution in [0.25, 0.3) is 0 Å². The van der Waals surface area contributed by atoms with Gasteiger partial charge >= 0.3 is 0 Å². The number of carbonyl (C=O) groups excluding carboxylic acids is 1. The van der Waals surface area contributed by atoms with Gasteiger partial charge in [-0.2, -0.15) is 4.28 Å². The molecule has 0 fully saturated rings. The van der Waals surface area contributed by atoms with E-state index in [2.05, 4.69) is 15.1 Å². The quantitative estimate of drug-likeness (QED) is 0.180. The zero-order valence-corrected chi connectivity index (χ0v) is 22.3. The fourth-order valence-electron chi connectivity index (χ4n) is 4.08. The number of amides is 1. The molecule has 0 saturated carbocycles. The van der Waals surface area contributed by atoms with E-state index in [-0.39, 0.29) is 5.91 Å². The lowest BCUT2D eigenvalue weighted by molar-refractivity contribution is -0.123. The van der Waals surface area contributed by atoms with E-state index in [9.17, 15) is 17.9 Å². The van der Waals surface area contributed by atoms with Crippen molar-refractivity contribution in [2.24, 2.45) is 0 Å². The minimum atomic E-state index is -2.69. The summed E-state index contributed by atoms with van der Waals surface area (Å²) in [5, 5.41) is 5.94. The van der Waals surface area contributed by atoms with E-state index in [1.54, 1.807) is 24.3 Å². The van der Waals surface area contributed by atoms with E-state index in [0.29, 0.717) is 24.1 Å². The van der Waals surface area contributed by atoms with Gasteiger partial charge in [0, 0.05) is 5.38 Å². The van der Waals surface area contributed by atoms with Gasteiger partial charge in [-0.1, -0.05) is 61.5 Å². The Kier molecular flexibility index (Phi) is 9.72. The van der Waals surface area contributed by atoms with Crippen LogP contribution in [-0.4, -0.2) is 19.7 Å². The lowest BCUT2D eigenvalue weighted by Gasteiger charge is -2.23. The van der Waals surface area contributed by atoms with Crippen molar-refractivity contribution in [1.29, 1.82) is 0 Å². The largest absolute Gasteiger partial charge is 0.748 e. The highest BCUT2D eigenvalue weighted by Gasteiger charge is 2.26. The molecule has 198 valence electrons. The Balaban J connectivity index is 1.59. The molecule has 0 radical (unpaired) electrons. The molecule has 0 aliphatic carbocycles. The van der Waals surface area contributed by atoms with Crippen molar-refractivity contribution in [3.05, 3.63) is 117 Å². The van der Waals surface area contributed by atoms with Crippen LogP contribution in [0, 0.1) is 5.82 Å². The number of hydrogen-bond donors (Lipinski definition) is 2. The molecule has 0 saturated heterocycles. The molecule has 7 nitrogen and oxygen atoms in total. The molecule has 1 heterocycles. The maximum Gasteiger partial charge on any atom is 0.228 e. The van der Waals surface area contributed by atoms with Crippen LogP contribution in [0.3, 0.4) is 0 Å². The Morgan fingerprint density at radius 3 is 2.45 bits per heavy atom. The first-order valence-electron chi connectivity index (χ1n) is 12.1. The normalized spacial score (nSPS) is 13.4. The van der Waals surface area contributed by atoms with Gasteiger partial charge in [0.1, 0.15) is 22.2 Å². The summed E-state index contributed by atoms with van der Waals surface area (Å²) in [5.41, 5.74) is 6.23. The van der Waals surface area contributed by atoms with Gasteiger partial charge in [0.2, 0.25) is 5.91 Å². The molecule has 0 aliphatic rings. The predicted octanol–water partition coefficient (Wildman–Crippen LogP) is 5.41.